The van der Waals surface area contributed by atoms with Crippen molar-refractivity contribution in [3.8, 4) is 11.4 Å². The summed E-state index contributed by atoms with van der Waals surface area (Å²) in [6.45, 7) is 5.68. The number of carbonyl (C=O) groups excluding carboxylic acids is 1. The summed E-state index contributed by atoms with van der Waals surface area (Å²) < 4.78 is 12.5. The van der Waals surface area contributed by atoms with Gasteiger partial charge in [0.2, 0.25) is 5.79 Å². The van der Waals surface area contributed by atoms with Gasteiger partial charge in [0, 0.05) is 18.2 Å². The Labute approximate surface area is 192 Å². The maximum atomic E-state index is 10.5. The minimum Gasteiger partial charge on any atom is -0.491 e. The number of aliphatic hydroxyl groups is 1. The Morgan fingerprint density at radius 3 is 2.30 bits per heavy atom. The van der Waals surface area contributed by atoms with Crippen LogP contribution in [0.2, 0.25) is 0 Å². The van der Waals surface area contributed by atoms with Crippen LogP contribution in [0.5, 0.6) is 5.75 Å². The fourth-order valence-corrected chi connectivity index (χ4v) is 3.55. The van der Waals surface area contributed by atoms with Crippen molar-refractivity contribution in [2.45, 2.75) is 32.7 Å². The van der Waals surface area contributed by atoms with Crippen LogP contribution in [0.4, 0.5) is 0 Å². The molecule has 0 amide bonds. The van der Waals surface area contributed by atoms with Crippen LogP contribution < -0.4 is 4.74 Å². The van der Waals surface area contributed by atoms with Gasteiger partial charge in [0.05, 0.1) is 17.1 Å². The Balaban J connectivity index is 1.51. The van der Waals surface area contributed by atoms with E-state index >= 15 is 0 Å². The van der Waals surface area contributed by atoms with E-state index < -0.39 is 5.79 Å². The average molecular weight is 443 g/mol. The van der Waals surface area contributed by atoms with E-state index in [1.807, 2.05) is 85.4 Å². The van der Waals surface area contributed by atoms with E-state index in [1.54, 1.807) is 12.1 Å². The number of benzene rings is 3. The number of fused-ring (bicyclic) bond motifs is 1. The second kappa shape index (κ2) is 9.30. The van der Waals surface area contributed by atoms with Crippen molar-refractivity contribution in [3.05, 3.63) is 89.7 Å². The Hall–Kier alpha value is -3.90. The summed E-state index contributed by atoms with van der Waals surface area (Å²) >= 11 is 0. The second-order valence-electron chi connectivity index (χ2n) is 8.18. The zero-order valence-corrected chi connectivity index (χ0v) is 18.8. The first-order chi connectivity index (χ1) is 15.9. The third-order valence-corrected chi connectivity index (χ3v) is 5.25. The summed E-state index contributed by atoms with van der Waals surface area (Å²) in [6.07, 6.45) is 5.94. The summed E-state index contributed by atoms with van der Waals surface area (Å²) in [5.74, 6) is -0.797. The van der Waals surface area contributed by atoms with Crippen LogP contribution in [0.3, 0.4) is 0 Å². The van der Waals surface area contributed by atoms with Crippen molar-refractivity contribution in [1.29, 1.82) is 0 Å². The minimum atomic E-state index is -1.64. The molecule has 0 bridgehead atoms. The number of imidazole rings is 1. The molecular weight excluding hydrogens is 416 g/mol. The molecule has 0 fully saturated rings. The maximum absolute atomic E-state index is 10.5. The molecule has 168 valence electrons. The molecule has 1 atom stereocenters. The smallest absolute Gasteiger partial charge is 0.295 e. The lowest BCUT2D eigenvalue weighted by Crippen LogP contribution is -2.24. The van der Waals surface area contributed by atoms with Gasteiger partial charge in [-0.05, 0) is 61.4 Å². The molecule has 0 aliphatic rings. The highest BCUT2D eigenvalue weighted by Gasteiger charge is 2.23. The summed E-state index contributed by atoms with van der Waals surface area (Å²) in [5.41, 5.74) is 5.42. The first kappa shape index (κ1) is 22.3. The Morgan fingerprint density at radius 2 is 1.64 bits per heavy atom. The van der Waals surface area contributed by atoms with Crippen LogP contribution in [0.15, 0.2) is 73.1 Å². The summed E-state index contributed by atoms with van der Waals surface area (Å²) in [7, 11) is 0. The lowest BCUT2D eigenvalue weighted by atomic mass is 10.0. The molecule has 0 aliphatic carbocycles. The third kappa shape index (κ3) is 5.13. The molecule has 0 saturated heterocycles. The number of nitrogens with zero attached hydrogens (tertiary/aromatic N) is 2. The first-order valence-corrected chi connectivity index (χ1v) is 10.7. The van der Waals surface area contributed by atoms with Gasteiger partial charge in [-0.3, -0.25) is 9.36 Å². The van der Waals surface area contributed by atoms with E-state index in [9.17, 15) is 9.90 Å². The summed E-state index contributed by atoms with van der Waals surface area (Å²) in [4.78, 5) is 15.1. The third-order valence-electron chi connectivity index (χ3n) is 5.25. The summed E-state index contributed by atoms with van der Waals surface area (Å²) in [6, 6.07) is 21.3. The molecule has 0 radical (unpaired) electrons. The van der Waals surface area contributed by atoms with Gasteiger partial charge in [-0.15, -0.1) is 0 Å². The van der Waals surface area contributed by atoms with Gasteiger partial charge in [0.25, 0.3) is 6.47 Å². The van der Waals surface area contributed by atoms with E-state index in [4.69, 9.17) is 9.47 Å². The van der Waals surface area contributed by atoms with Gasteiger partial charge in [0.15, 0.2) is 0 Å². The largest absolute Gasteiger partial charge is 0.491 e. The number of carbonyl (C=O) groups is 1. The molecule has 1 aromatic heterocycles. The zero-order valence-electron chi connectivity index (χ0n) is 18.8. The van der Waals surface area contributed by atoms with Gasteiger partial charge in [0.1, 0.15) is 12.1 Å². The van der Waals surface area contributed by atoms with Crippen molar-refractivity contribution in [1.82, 2.24) is 9.55 Å². The number of ether oxygens (including phenoxy) is 2. The molecule has 0 aliphatic heterocycles. The molecule has 4 rings (SSSR count). The lowest BCUT2D eigenvalue weighted by molar-refractivity contribution is -0.192. The number of hydrogen-bond donors (Lipinski definition) is 1. The standard InChI is InChI=1S/C27H26N2O4/c1-19(2)33-24-13-11-23(12-14-24)29-17-28-25-16-21(8-15-26(25)29)5-4-20-6-9-22(10-7-20)27(3,31)32-18-30/h4-19,31H,1-3H3. The zero-order chi connectivity index (χ0) is 23.4. The lowest BCUT2D eigenvalue weighted by Gasteiger charge is -2.21. The van der Waals surface area contributed by atoms with Gasteiger partial charge < -0.3 is 14.6 Å². The molecule has 1 unspecified atom stereocenters. The monoisotopic (exact) mass is 442 g/mol. The second-order valence-corrected chi connectivity index (χ2v) is 8.18. The highest BCUT2D eigenvalue weighted by molar-refractivity contribution is 5.82. The van der Waals surface area contributed by atoms with Crippen molar-refractivity contribution in [2.24, 2.45) is 0 Å². The van der Waals surface area contributed by atoms with Crippen LogP contribution >= 0.6 is 0 Å². The Kier molecular flexibility index (Phi) is 6.29. The number of hydrogen-bond acceptors (Lipinski definition) is 5. The van der Waals surface area contributed by atoms with E-state index in [0.717, 1.165) is 33.6 Å². The Bertz CT molecular complexity index is 1270. The van der Waals surface area contributed by atoms with Gasteiger partial charge in [-0.25, -0.2) is 4.98 Å². The van der Waals surface area contributed by atoms with Crippen LogP contribution in [0.1, 0.15) is 37.5 Å². The molecule has 6 heteroatoms. The fourth-order valence-electron chi connectivity index (χ4n) is 3.55. The SMILES string of the molecule is CC(C)Oc1ccc(-n2cnc3cc(C=Cc4ccc(C(C)(O)OC=O)cc4)ccc32)cc1. The van der Waals surface area contributed by atoms with Gasteiger partial charge in [-0.1, -0.05) is 42.5 Å². The van der Waals surface area contributed by atoms with Crippen LogP contribution in [0, 0.1) is 0 Å². The normalized spacial score (nSPS) is 13.4. The van der Waals surface area contributed by atoms with E-state index in [2.05, 4.69) is 11.1 Å². The molecular formula is C27H26N2O4. The minimum absolute atomic E-state index is 0.140. The molecule has 0 spiro atoms. The van der Waals surface area contributed by atoms with Gasteiger partial charge >= 0.3 is 0 Å². The topological polar surface area (TPSA) is 73.6 Å². The van der Waals surface area contributed by atoms with Crippen molar-refractivity contribution >= 4 is 29.7 Å². The van der Waals surface area contributed by atoms with Gasteiger partial charge in [-0.2, -0.15) is 0 Å². The van der Waals surface area contributed by atoms with Crippen molar-refractivity contribution < 1.29 is 19.4 Å². The average Bonchev–Trinajstić information content (AvgIpc) is 3.21. The quantitative estimate of drug-likeness (QED) is 0.227. The highest BCUT2D eigenvalue weighted by atomic mass is 16.6. The van der Waals surface area contributed by atoms with E-state index in [0.29, 0.717) is 5.56 Å². The van der Waals surface area contributed by atoms with Crippen LogP contribution in [-0.2, 0) is 15.3 Å². The molecule has 1 heterocycles. The maximum Gasteiger partial charge on any atom is 0.295 e. The van der Waals surface area contributed by atoms with E-state index in [1.165, 1.54) is 6.92 Å². The highest BCUT2D eigenvalue weighted by Crippen LogP contribution is 2.24. The molecule has 3 aromatic carbocycles. The first-order valence-electron chi connectivity index (χ1n) is 10.7. The molecule has 4 aromatic rings. The predicted octanol–water partition coefficient (Wildman–Crippen LogP) is 5.32. The fraction of sp³-hybridized carbons (Fsp3) is 0.185. The van der Waals surface area contributed by atoms with Crippen LogP contribution in [-0.4, -0.2) is 27.2 Å². The molecule has 1 N–H and O–H groups in total. The number of aromatic nitrogens is 2. The molecule has 6 nitrogen and oxygen atoms in total. The Morgan fingerprint density at radius 1 is 0.970 bits per heavy atom. The van der Waals surface area contributed by atoms with Crippen molar-refractivity contribution in [2.75, 3.05) is 0 Å². The predicted molar refractivity (Wildman–Crippen MR) is 129 cm³/mol. The number of rotatable bonds is 8. The molecule has 33 heavy (non-hydrogen) atoms. The van der Waals surface area contributed by atoms with E-state index in [-0.39, 0.29) is 12.6 Å². The van der Waals surface area contributed by atoms with Crippen molar-refractivity contribution in [3.63, 3.8) is 0 Å². The summed E-state index contributed by atoms with van der Waals surface area (Å²) in [5, 5.41) is 10.1. The van der Waals surface area contributed by atoms with Crippen LogP contribution in [0.25, 0.3) is 28.9 Å². The molecule has 0 saturated carbocycles.